The van der Waals surface area contributed by atoms with E-state index in [-0.39, 0.29) is 18.9 Å². The zero-order valence-electron chi connectivity index (χ0n) is 60.8. The maximum Gasteiger partial charge on any atom is 0.220 e. The minimum atomic E-state index is -1.98. The molecule has 1 amide bonds. The van der Waals surface area contributed by atoms with Crippen LogP contribution < -0.4 is 5.32 Å². The molecular formula is C79H141NO18. The number of ether oxygens (including phenoxy) is 6. The van der Waals surface area contributed by atoms with Gasteiger partial charge in [0.15, 0.2) is 18.9 Å². The number of aliphatic hydroxyl groups excluding tert-OH is 11. The Kier molecular flexibility index (Phi) is 54.4. The molecule has 0 aliphatic carbocycles. The van der Waals surface area contributed by atoms with Crippen molar-refractivity contribution in [3.05, 3.63) is 72.9 Å². The van der Waals surface area contributed by atoms with Crippen molar-refractivity contribution in [2.45, 2.75) is 394 Å². The van der Waals surface area contributed by atoms with E-state index in [0.29, 0.717) is 12.8 Å². The van der Waals surface area contributed by atoms with Gasteiger partial charge in [-0.1, -0.05) is 292 Å². The molecule has 17 unspecified atom stereocenters. The van der Waals surface area contributed by atoms with Crippen molar-refractivity contribution >= 4 is 5.91 Å². The number of allylic oxidation sites excluding steroid dienone is 12. The van der Waals surface area contributed by atoms with Gasteiger partial charge in [0, 0.05) is 6.42 Å². The van der Waals surface area contributed by atoms with Gasteiger partial charge in [0.2, 0.25) is 5.91 Å². The molecule has 19 nitrogen and oxygen atoms in total. The first-order valence-corrected chi connectivity index (χ1v) is 39.2. The summed E-state index contributed by atoms with van der Waals surface area (Å²) in [7, 11) is 0. The topological polar surface area (TPSA) is 307 Å². The number of carbonyl (C=O) groups is 1. The van der Waals surface area contributed by atoms with Crippen LogP contribution in [0.15, 0.2) is 72.9 Å². The fourth-order valence-electron chi connectivity index (χ4n) is 13.0. The molecule has 17 atom stereocenters. The van der Waals surface area contributed by atoms with Crippen LogP contribution in [-0.2, 0) is 33.2 Å². The van der Waals surface area contributed by atoms with Gasteiger partial charge in [0.25, 0.3) is 0 Å². The molecule has 3 fully saturated rings. The fourth-order valence-corrected chi connectivity index (χ4v) is 13.0. The summed E-state index contributed by atoms with van der Waals surface area (Å²) >= 11 is 0. The quantitative estimate of drug-likeness (QED) is 0.0199. The molecule has 98 heavy (non-hydrogen) atoms. The minimum absolute atomic E-state index is 0.233. The minimum Gasteiger partial charge on any atom is -0.394 e. The molecule has 19 heteroatoms. The lowest BCUT2D eigenvalue weighted by molar-refractivity contribution is -0.379. The maximum absolute atomic E-state index is 13.5. The molecule has 0 radical (unpaired) electrons. The number of aliphatic hydroxyl groups is 11. The van der Waals surface area contributed by atoms with Crippen molar-refractivity contribution in [2.24, 2.45) is 0 Å². The lowest BCUT2D eigenvalue weighted by Gasteiger charge is -2.48. The first-order valence-electron chi connectivity index (χ1n) is 39.2. The van der Waals surface area contributed by atoms with E-state index < -0.39 is 124 Å². The third-order valence-corrected chi connectivity index (χ3v) is 19.3. The third-order valence-electron chi connectivity index (χ3n) is 19.3. The molecule has 0 spiro atoms. The molecule has 3 saturated heterocycles. The van der Waals surface area contributed by atoms with Crippen LogP contribution in [0.5, 0.6) is 0 Å². The van der Waals surface area contributed by atoms with Crippen LogP contribution in [-0.4, -0.2) is 193 Å². The standard InChI is InChI=1S/C79H141NO18/c1-3-5-7-9-11-13-15-17-19-21-23-25-27-28-29-30-31-32-33-35-36-38-40-42-44-46-48-50-52-54-56-63(84)62(80-67(85)57-55-53-51-49-47-45-43-41-39-37-34-26-24-22-20-18-16-14-12-10-8-6-4-2)61-93-77-73(91)70(88)75(65(59-82)95-77)98-79-74(92)71(89)76(66(60-83)96-79)97-78-72(90)69(87)68(86)64(58-81)94-78/h6,8,12,14,18,20,24,26,37,39,43,45,62-66,68-79,81-84,86-92H,3-5,7,9-11,13,15-17,19,21-23,25,27-36,38,40-42,44,46-61H2,1-2H3,(H,80,85)/b8-6-,14-12-,20-18-,26-24-,39-37-,45-43-. The van der Waals surface area contributed by atoms with Gasteiger partial charge < -0.3 is 89.9 Å². The molecular weight excluding hydrogens is 1250 g/mol. The molecule has 570 valence electrons. The zero-order chi connectivity index (χ0) is 71.1. The number of unbranched alkanes of at least 4 members (excludes halogenated alkanes) is 33. The Hall–Kier alpha value is -2.77. The summed E-state index contributed by atoms with van der Waals surface area (Å²) in [4.78, 5) is 13.5. The molecule has 12 N–H and O–H groups in total. The van der Waals surface area contributed by atoms with E-state index in [1.54, 1.807) is 0 Å². The molecule has 3 aliphatic heterocycles. The summed E-state index contributed by atoms with van der Waals surface area (Å²) < 4.78 is 34.5. The van der Waals surface area contributed by atoms with Crippen LogP contribution in [0.4, 0.5) is 0 Å². The second-order valence-electron chi connectivity index (χ2n) is 27.8. The number of hydrogen-bond donors (Lipinski definition) is 12. The summed E-state index contributed by atoms with van der Waals surface area (Å²) in [5, 5.41) is 121. The Morgan fingerprint density at radius 1 is 0.378 bits per heavy atom. The van der Waals surface area contributed by atoms with Gasteiger partial charge >= 0.3 is 0 Å². The Morgan fingerprint density at radius 2 is 0.704 bits per heavy atom. The Labute approximate surface area is 591 Å². The molecule has 0 saturated carbocycles. The molecule has 0 aromatic heterocycles. The van der Waals surface area contributed by atoms with E-state index in [9.17, 15) is 61.0 Å². The average molecular weight is 1390 g/mol. The van der Waals surface area contributed by atoms with E-state index >= 15 is 0 Å². The highest BCUT2D eigenvalue weighted by Crippen LogP contribution is 2.33. The van der Waals surface area contributed by atoms with Gasteiger partial charge in [-0.3, -0.25) is 4.79 Å². The van der Waals surface area contributed by atoms with E-state index in [1.807, 2.05) is 0 Å². The lowest BCUT2D eigenvalue weighted by atomic mass is 9.96. The van der Waals surface area contributed by atoms with Crippen molar-refractivity contribution in [1.82, 2.24) is 5.32 Å². The summed E-state index contributed by atoms with van der Waals surface area (Å²) in [6, 6.07) is -0.908. The Balaban J connectivity index is 1.39. The molecule has 3 aliphatic rings. The number of rotatable bonds is 61. The van der Waals surface area contributed by atoms with Crippen LogP contribution in [0.25, 0.3) is 0 Å². The van der Waals surface area contributed by atoms with Crippen molar-refractivity contribution in [1.29, 1.82) is 0 Å². The van der Waals surface area contributed by atoms with Crippen LogP contribution in [0.3, 0.4) is 0 Å². The first-order chi connectivity index (χ1) is 47.8. The largest absolute Gasteiger partial charge is 0.394 e. The fraction of sp³-hybridized carbons (Fsp3) is 0.835. The van der Waals surface area contributed by atoms with Crippen LogP contribution in [0, 0.1) is 0 Å². The Bertz CT molecular complexity index is 2050. The van der Waals surface area contributed by atoms with E-state index in [2.05, 4.69) is 92.1 Å². The van der Waals surface area contributed by atoms with Crippen LogP contribution >= 0.6 is 0 Å². The summed E-state index contributed by atoms with van der Waals surface area (Å²) in [5.74, 6) is -0.266. The monoisotopic (exact) mass is 1390 g/mol. The molecule has 0 bridgehead atoms. The molecule has 0 aromatic carbocycles. The van der Waals surface area contributed by atoms with E-state index in [1.165, 1.54) is 167 Å². The molecule has 3 rings (SSSR count). The summed E-state index contributed by atoms with van der Waals surface area (Å²) in [5.41, 5.74) is 0. The van der Waals surface area contributed by atoms with Crippen LogP contribution in [0.1, 0.15) is 290 Å². The number of carbonyl (C=O) groups excluding carboxylic acids is 1. The van der Waals surface area contributed by atoms with E-state index in [0.717, 1.165) is 89.9 Å². The zero-order valence-corrected chi connectivity index (χ0v) is 60.8. The van der Waals surface area contributed by atoms with Gasteiger partial charge in [-0.05, 0) is 64.2 Å². The highest BCUT2D eigenvalue weighted by Gasteiger charge is 2.54. The van der Waals surface area contributed by atoms with Crippen molar-refractivity contribution in [3.8, 4) is 0 Å². The number of amides is 1. The Morgan fingerprint density at radius 3 is 1.10 bits per heavy atom. The van der Waals surface area contributed by atoms with Gasteiger partial charge in [-0.25, -0.2) is 0 Å². The predicted octanol–water partition coefficient (Wildman–Crippen LogP) is 12.4. The smallest absolute Gasteiger partial charge is 0.220 e. The van der Waals surface area contributed by atoms with Crippen molar-refractivity contribution in [2.75, 3.05) is 26.4 Å². The second-order valence-corrected chi connectivity index (χ2v) is 27.8. The van der Waals surface area contributed by atoms with Gasteiger partial charge in [0.05, 0.1) is 38.6 Å². The van der Waals surface area contributed by atoms with Gasteiger partial charge in [-0.2, -0.15) is 0 Å². The average Bonchev–Trinajstić information content (AvgIpc) is 0.785. The summed E-state index contributed by atoms with van der Waals surface area (Å²) in [6.07, 6.45) is 49.9. The number of hydrogen-bond acceptors (Lipinski definition) is 18. The van der Waals surface area contributed by atoms with Crippen molar-refractivity contribution in [3.63, 3.8) is 0 Å². The maximum atomic E-state index is 13.5. The van der Waals surface area contributed by atoms with Crippen molar-refractivity contribution < 1.29 is 89.4 Å². The third kappa shape index (κ3) is 39.8. The molecule has 0 aromatic rings. The highest BCUT2D eigenvalue weighted by atomic mass is 16.8. The normalized spacial score (nSPS) is 27.1. The second kappa shape index (κ2) is 59.6. The highest BCUT2D eigenvalue weighted by molar-refractivity contribution is 5.76. The lowest BCUT2D eigenvalue weighted by Crippen LogP contribution is -2.66. The predicted molar refractivity (Wildman–Crippen MR) is 388 cm³/mol. The first kappa shape index (κ1) is 89.4. The van der Waals surface area contributed by atoms with Gasteiger partial charge in [-0.15, -0.1) is 0 Å². The SMILES string of the molecule is CC/C=C\C/C=C\C/C=C\C/C=C\C/C=C\C/C=C\CCCCCCC(=O)NC(COC1OC(CO)C(OC2OC(CO)C(OC3OC(CO)C(O)C(O)C3O)C(O)C2O)C(O)C1O)C(O)CCCCCCCCCCCCCCCCCCCCCCCCCCCCCCCC. The molecule has 3 heterocycles. The number of nitrogens with one attached hydrogen (secondary N) is 1. The van der Waals surface area contributed by atoms with Gasteiger partial charge in [0.1, 0.15) is 73.2 Å². The summed E-state index contributed by atoms with van der Waals surface area (Å²) in [6.45, 7) is 1.69. The van der Waals surface area contributed by atoms with Crippen LogP contribution in [0.2, 0.25) is 0 Å². The van der Waals surface area contributed by atoms with E-state index in [4.69, 9.17) is 28.4 Å².